The summed E-state index contributed by atoms with van der Waals surface area (Å²) in [6.45, 7) is 5.23. The number of hydrogen-bond donors (Lipinski definition) is 1. The minimum atomic E-state index is -0.727. The molecule has 2 fully saturated rings. The molecule has 0 aromatic heterocycles. The topological polar surface area (TPSA) is 59.0 Å². The molecule has 0 bridgehead atoms. The molecule has 1 unspecified atom stereocenters. The van der Waals surface area contributed by atoms with Crippen molar-refractivity contribution in [3.63, 3.8) is 0 Å². The first-order valence-electron chi connectivity index (χ1n) is 6.37. The van der Waals surface area contributed by atoms with Crippen LogP contribution >= 0.6 is 0 Å². The first-order valence-corrected chi connectivity index (χ1v) is 6.37. The van der Waals surface area contributed by atoms with E-state index in [0.717, 1.165) is 13.0 Å². The van der Waals surface area contributed by atoms with E-state index in [9.17, 15) is 9.90 Å². The van der Waals surface area contributed by atoms with Crippen molar-refractivity contribution in [1.82, 2.24) is 4.90 Å². The van der Waals surface area contributed by atoms with Gasteiger partial charge >= 0.3 is 5.97 Å². The molecular formula is C12H21NO4. The van der Waals surface area contributed by atoms with E-state index in [1.165, 1.54) is 0 Å². The van der Waals surface area contributed by atoms with Gasteiger partial charge in [-0.3, -0.25) is 9.69 Å². The number of aliphatic carboxylic acids is 1. The molecule has 2 aliphatic heterocycles. The zero-order valence-electron chi connectivity index (χ0n) is 10.4. The zero-order chi connectivity index (χ0) is 12.3. The van der Waals surface area contributed by atoms with Gasteiger partial charge in [0.15, 0.2) is 0 Å². The first-order chi connectivity index (χ1) is 8.19. The van der Waals surface area contributed by atoms with Crippen molar-refractivity contribution in [1.29, 1.82) is 0 Å². The Labute approximate surface area is 102 Å². The highest BCUT2D eigenvalue weighted by molar-refractivity contribution is 5.79. The van der Waals surface area contributed by atoms with Crippen molar-refractivity contribution in [3.05, 3.63) is 0 Å². The molecule has 98 valence electrons. The average Bonchev–Trinajstić information content (AvgIpc) is 2.39. The summed E-state index contributed by atoms with van der Waals surface area (Å²) in [5.41, 5.74) is -0.727. The lowest BCUT2D eigenvalue weighted by Crippen LogP contribution is -2.62. The smallest absolute Gasteiger partial charge is 0.324 e. The van der Waals surface area contributed by atoms with Crippen LogP contribution in [0.3, 0.4) is 0 Å². The summed E-state index contributed by atoms with van der Waals surface area (Å²) < 4.78 is 10.9. The highest BCUT2D eigenvalue weighted by Crippen LogP contribution is 2.30. The SMILES string of the molecule is CCC1CN(C2(C(=O)O)CCOCC2)CCO1. The molecule has 0 radical (unpaired) electrons. The van der Waals surface area contributed by atoms with Crippen LogP contribution in [0.15, 0.2) is 0 Å². The maximum atomic E-state index is 11.6. The second kappa shape index (κ2) is 5.33. The van der Waals surface area contributed by atoms with Crippen LogP contribution in [-0.4, -0.2) is 60.5 Å². The standard InChI is InChI=1S/C12H21NO4/c1-2-10-9-13(5-8-17-10)12(11(14)15)3-6-16-7-4-12/h10H,2-9H2,1H3,(H,14,15). The molecular weight excluding hydrogens is 222 g/mol. The lowest BCUT2D eigenvalue weighted by Gasteiger charge is -2.46. The molecule has 0 saturated carbocycles. The van der Waals surface area contributed by atoms with Crippen LogP contribution in [0, 0.1) is 0 Å². The van der Waals surface area contributed by atoms with Gasteiger partial charge < -0.3 is 14.6 Å². The summed E-state index contributed by atoms with van der Waals surface area (Å²) in [6, 6.07) is 0. The quantitative estimate of drug-likeness (QED) is 0.792. The van der Waals surface area contributed by atoms with Crippen LogP contribution in [0.4, 0.5) is 0 Å². The molecule has 2 rings (SSSR count). The third kappa shape index (κ3) is 2.46. The second-order valence-corrected chi connectivity index (χ2v) is 4.80. The number of rotatable bonds is 3. The number of morpholine rings is 1. The van der Waals surface area contributed by atoms with E-state index >= 15 is 0 Å². The zero-order valence-corrected chi connectivity index (χ0v) is 10.4. The minimum absolute atomic E-state index is 0.169. The lowest BCUT2D eigenvalue weighted by atomic mass is 9.87. The number of ether oxygens (including phenoxy) is 2. The average molecular weight is 243 g/mol. The minimum Gasteiger partial charge on any atom is -0.480 e. The summed E-state index contributed by atoms with van der Waals surface area (Å²) in [5, 5.41) is 9.56. The molecule has 0 spiro atoms. The van der Waals surface area contributed by atoms with Crippen molar-refractivity contribution in [2.45, 2.75) is 37.8 Å². The highest BCUT2D eigenvalue weighted by atomic mass is 16.5. The van der Waals surface area contributed by atoms with E-state index in [1.807, 2.05) is 0 Å². The molecule has 0 aromatic carbocycles. The molecule has 1 N–H and O–H groups in total. The maximum absolute atomic E-state index is 11.6. The van der Waals surface area contributed by atoms with E-state index in [-0.39, 0.29) is 6.10 Å². The fourth-order valence-electron chi connectivity index (χ4n) is 2.73. The van der Waals surface area contributed by atoms with Gasteiger partial charge in [-0.2, -0.15) is 0 Å². The highest BCUT2D eigenvalue weighted by Gasteiger charge is 2.46. The number of hydrogen-bond acceptors (Lipinski definition) is 4. The molecule has 0 amide bonds. The van der Waals surface area contributed by atoms with Gasteiger partial charge in [-0.05, 0) is 19.3 Å². The van der Waals surface area contributed by atoms with E-state index in [4.69, 9.17) is 9.47 Å². The molecule has 2 heterocycles. The normalized spacial score (nSPS) is 30.1. The van der Waals surface area contributed by atoms with Gasteiger partial charge in [0.25, 0.3) is 0 Å². The number of carboxylic acids is 1. The van der Waals surface area contributed by atoms with Crippen LogP contribution in [-0.2, 0) is 14.3 Å². The van der Waals surface area contributed by atoms with Crippen molar-refractivity contribution < 1.29 is 19.4 Å². The predicted octanol–water partition coefficient (Wildman–Crippen LogP) is 0.731. The van der Waals surface area contributed by atoms with Gasteiger partial charge in [0.05, 0.1) is 12.7 Å². The van der Waals surface area contributed by atoms with Crippen LogP contribution < -0.4 is 0 Å². The Morgan fingerprint density at radius 2 is 2.12 bits per heavy atom. The van der Waals surface area contributed by atoms with Gasteiger partial charge in [-0.25, -0.2) is 0 Å². The van der Waals surface area contributed by atoms with Gasteiger partial charge in [0.2, 0.25) is 0 Å². The third-order valence-electron chi connectivity index (χ3n) is 3.92. The summed E-state index contributed by atoms with van der Waals surface area (Å²) in [7, 11) is 0. The molecule has 5 heteroatoms. The van der Waals surface area contributed by atoms with E-state index in [0.29, 0.717) is 39.2 Å². The van der Waals surface area contributed by atoms with Crippen molar-refractivity contribution in [2.75, 3.05) is 32.9 Å². The number of nitrogens with zero attached hydrogens (tertiary/aromatic N) is 1. The van der Waals surface area contributed by atoms with Gasteiger partial charge in [0.1, 0.15) is 5.54 Å². The molecule has 2 saturated heterocycles. The summed E-state index contributed by atoms with van der Waals surface area (Å²) in [6.07, 6.45) is 2.27. The van der Waals surface area contributed by atoms with Gasteiger partial charge in [-0.1, -0.05) is 6.92 Å². The molecule has 17 heavy (non-hydrogen) atoms. The predicted molar refractivity (Wildman–Crippen MR) is 62.0 cm³/mol. The molecule has 2 aliphatic rings. The molecule has 0 aliphatic carbocycles. The Hall–Kier alpha value is -0.650. The Morgan fingerprint density at radius 3 is 2.71 bits per heavy atom. The van der Waals surface area contributed by atoms with E-state index in [2.05, 4.69) is 11.8 Å². The fraction of sp³-hybridized carbons (Fsp3) is 0.917. The third-order valence-corrected chi connectivity index (χ3v) is 3.92. The Bertz CT molecular complexity index is 276. The Morgan fingerprint density at radius 1 is 1.41 bits per heavy atom. The second-order valence-electron chi connectivity index (χ2n) is 4.80. The van der Waals surface area contributed by atoms with Crippen LogP contribution in [0.1, 0.15) is 26.2 Å². The van der Waals surface area contributed by atoms with Crippen molar-refractivity contribution in [3.8, 4) is 0 Å². The summed E-state index contributed by atoms with van der Waals surface area (Å²) in [4.78, 5) is 13.7. The van der Waals surface area contributed by atoms with Gasteiger partial charge in [-0.15, -0.1) is 0 Å². The molecule has 1 atom stereocenters. The largest absolute Gasteiger partial charge is 0.480 e. The maximum Gasteiger partial charge on any atom is 0.324 e. The number of carbonyl (C=O) groups is 1. The van der Waals surface area contributed by atoms with Crippen molar-refractivity contribution in [2.24, 2.45) is 0 Å². The summed E-state index contributed by atoms with van der Waals surface area (Å²) >= 11 is 0. The van der Waals surface area contributed by atoms with E-state index in [1.54, 1.807) is 0 Å². The number of carboxylic acid groups (broad SMARTS) is 1. The Balaban J connectivity index is 2.12. The van der Waals surface area contributed by atoms with Gasteiger partial charge in [0, 0.05) is 26.3 Å². The first kappa shape index (κ1) is 12.8. The van der Waals surface area contributed by atoms with Crippen molar-refractivity contribution >= 4 is 5.97 Å². The Kier molecular flexibility index (Phi) is 4.01. The summed E-state index contributed by atoms with van der Waals surface area (Å²) in [5.74, 6) is -0.711. The fourth-order valence-corrected chi connectivity index (χ4v) is 2.73. The monoisotopic (exact) mass is 243 g/mol. The van der Waals surface area contributed by atoms with Crippen LogP contribution in [0.25, 0.3) is 0 Å². The van der Waals surface area contributed by atoms with Crippen LogP contribution in [0.5, 0.6) is 0 Å². The van der Waals surface area contributed by atoms with E-state index < -0.39 is 11.5 Å². The molecule has 0 aromatic rings. The lowest BCUT2D eigenvalue weighted by molar-refractivity contribution is -0.166. The molecule has 5 nitrogen and oxygen atoms in total. The van der Waals surface area contributed by atoms with Crippen LogP contribution in [0.2, 0.25) is 0 Å².